The first-order valence-electron chi connectivity index (χ1n) is 9.64. The lowest BCUT2D eigenvalue weighted by atomic mass is 10.0. The highest BCUT2D eigenvalue weighted by Gasteiger charge is 2.22. The van der Waals surface area contributed by atoms with E-state index in [0.29, 0.717) is 19.6 Å². The second-order valence-corrected chi connectivity index (χ2v) is 6.72. The summed E-state index contributed by atoms with van der Waals surface area (Å²) in [5.74, 6) is 4.35. The number of hydrogen-bond acceptors (Lipinski definition) is 5. The molecule has 0 aliphatic heterocycles. The first kappa shape index (κ1) is 22.6. The third-order valence-electron chi connectivity index (χ3n) is 4.40. The van der Waals surface area contributed by atoms with Gasteiger partial charge in [-0.15, -0.1) is 0 Å². The second-order valence-electron chi connectivity index (χ2n) is 6.72. The largest absolute Gasteiger partial charge is 0.459 e. The van der Waals surface area contributed by atoms with Crippen LogP contribution in [0.4, 0.5) is 0 Å². The van der Waals surface area contributed by atoms with Gasteiger partial charge in [-0.3, -0.25) is 0 Å². The Balaban J connectivity index is 1.95. The number of aliphatic hydroxyl groups excluding tert-OH is 1. The number of methoxy groups -OCH3 is 1. The first-order valence-corrected chi connectivity index (χ1v) is 9.64. The number of benzene rings is 2. The molecule has 2 aromatic rings. The minimum absolute atomic E-state index is 0.158. The van der Waals surface area contributed by atoms with Gasteiger partial charge in [0.15, 0.2) is 0 Å². The van der Waals surface area contributed by atoms with E-state index in [9.17, 15) is 9.90 Å². The van der Waals surface area contributed by atoms with E-state index in [1.807, 2.05) is 67.6 Å². The van der Waals surface area contributed by atoms with E-state index in [-0.39, 0.29) is 18.6 Å². The van der Waals surface area contributed by atoms with Crippen LogP contribution in [0.15, 0.2) is 60.7 Å². The van der Waals surface area contributed by atoms with E-state index in [4.69, 9.17) is 9.47 Å². The first-order chi connectivity index (χ1) is 14.1. The molecule has 154 valence electrons. The van der Waals surface area contributed by atoms with Crippen molar-refractivity contribution >= 4 is 5.97 Å². The highest BCUT2D eigenvalue weighted by molar-refractivity contribution is 5.88. The lowest BCUT2D eigenvalue weighted by Gasteiger charge is -2.26. The van der Waals surface area contributed by atoms with Gasteiger partial charge in [-0.25, -0.2) is 4.79 Å². The van der Waals surface area contributed by atoms with Crippen molar-refractivity contribution < 1.29 is 24.1 Å². The van der Waals surface area contributed by atoms with Crippen LogP contribution in [0.1, 0.15) is 30.9 Å². The standard InChI is InChI=1S/C24H28O5/c1-19(28-17-20-10-5-3-6-11-20)23(29-18-21-12-7-4-8-13-21)16-22(25)14-9-15-24(26)27-2/h3-8,10-13,19,22-23,25H,14,16-18H2,1-2H3/t19-,22+,23-/m1/s1. The fourth-order valence-corrected chi connectivity index (χ4v) is 2.73. The highest BCUT2D eigenvalue weighted by atomic mass is 16.5. The molecule has 0 heterocycles. The van der Waals surface area contributed by atoms with Gasteiger partial charge in [0.2, 0.25) is 0 Å². The predicted molar refractivity (Wildman–Crippen MR) is 111 cm³/mol. The Morgan fingerprint density at radius 3 is 2.07 bits per heavy atom. The quantitative estimate of drug-likeness (QED) is 0.378. The van der Waals surface area contributed by atoms with Crippen LogP contribution >= 0.6 is 0 Å². The summed E-state index contributed by atoms with van der Waals surface area (Å²) < 4.78 is 16.5. The fraction of sp³-hybridized carbons (Fsp3) is 0.375. The molecular formula is C24H28O5. The number of aliphatic hydroxyl groups is 1. The van der Waals surface area contributed by atoms with Gasteiger partial charge in [-0.1, -0.05) is 66.6 Å². The summed E-state index contributed by atoms with van der Waals surface area (Å²) in [4.78, 5) is 11.1. The highest BCUT2D eigenvalue weighted by Crippen LogP contribution is 2.17. The van der Waals surface area contributed by atoms with Gasteiger partial charge in [0, 0.05) is 18.8 Å². The molecule has 0 aromatic heterocycles. The smallest absolute Gasteiger partial charge is 0.384 e. The molecule has 2 aromatic carbocycles. The van der Waals surface area contributed by atoms with E-state index in [2.05, 4.69) is 16.6 Å². The van der Waals surface area contributed by atoms with Crippen molar-refractivity contribution in [3.8, 4) is 11.8 Å². The number of ether oxygens (including phenoxy) is 3. The molecule has 0 bridgehead atoms. The maximum absolute atomic E-state index is 11.1. The van der Waals surface area contributed by atoms with E-state index < -0.39 is 12.1 Å². The average molecular weight is 396 g/mol. The van der Waals surface area contributed by atoms with Crippen molar-refractivity contribution in [3.63, 3.8) is 0 Å². The third kappa shape index (κ3) is 8.93. The summed E-state index contributed by atoms with van der Waals surface area (Å²) in [6.07, 6.45) is -0.795. The van der Waals surface area contributed by atoms with Crippen LogP contribution in [0.25, 0.3) is 0 Å². The minimum Gasteiger partial charge on any atom is -0.459 e. The Labute approximate surface area is 172 Å². The van der Waals surface area contributed by atoms with Crippen LogP contribution in [0.5, 0.6) is 0 Å². The van der Waals surface area contributed by atoms with E-state index in [1.54, 1.807) is 0 Å². The molecule has 0 radical (unpaired) electrons. The van der Waals surface area contributed by atoms with Gasteiger partial charge >= 0.3 is 5.97 Å². The molecule has 0 spiro atoms. The van der Waals surface area contributed by atoms with Gasteiger partial charge in [0.1, 0.15) is 0 Å². The molecule has 3 atom stereocenters. The molecule has 2 rings (SSSR count). The third-order valence-corrected chi connectivity index (χ3v) is 4.40. The van der Waals surface area contributed by atoms with E-state index in [0.717, 1.165) is 11.1 Å². The summed E-state index contributed by atoms with van der Waals surface area (Å²) in [5, 5.41) is 10.3. The van der Waals surface area contributed by atoms with E-state index >= 15 is 0 Å². The van der Waals surface area contributed by atoms with Gasteiger partial charge in [0.05, 0.1) is 38.6 Å². The molecule has 0 unspecified atom stereocenters. The summed E-state index contributed by atoms with van der Waals surface area (Å²) >= 11 is 0. The van der Waals surface area contributed by atoms with Gasteiger partial charge in [0.25, 0.3) is 0 Å². The zero-order chi connectivity index (χ0) is 20.9. The average Bonchev–Trinajstić information content (AvgIpc) is 2.76. The Morgan fingerprint density at radius 2 is 1.52 bits per heavy atom. The van der Waals surface area contributed by atoms with Crippen molar-refractivity contribution in [2.75, 3.05) is 7.11 Å². The normalized spacial score (nSPS) is 13.6. The zero-order valence-corrected chi connectivity index (χ0v) is 16.9. The summed E-state index contributed by atoms with van der Waals surface area (Å²) in [5.41, 5.74) is 2.12. The zero-order valence-electron chi connectivity index (χ0n) is 16.9. The predicted octanol–water partition coefficient (Wildman–Crippen LogP) is 3.49. The van der Waals surface area contributed by atoms with Gasteiger partial charge < -0.3 is 19.3 Å². The Hall–Kier alpha value is -2.65. The van der Waals surface area contributed by atoms with Crippen molar-refractivity contribution in [3.05, 3.63) is 71.8 Å². The molecule has 1 N–H and O–H groups in total. The van der Waals surface area contributed by atoms with Crippen LogP contribution in [-0.2, 0) is 32.2 Å². The summed E-state index contributed by atoms with van der Waals surface area (Å²) in [7, 11) is 1.27. The number of hydrogen-bond donors (Lipinski definition) is 1. The summed E-state index contributed by atoms with van der Waals surface area (Å²) in [6, 6.07) is 19.8. The number of carbonyl (C=O) groups is 1. The number of carbonyl (C=O) groups excluding carboxylic acids is 1. The molecule has 0 amide bonds. The van der Waals surface area contributed by atoms with E-state index in [1.165, 1.54) is 7.11 Å². The topological polar surface area (TPSA) is 65.0 Å². The van der Waals surface area contributed by atoms with Crippen LogP contribution < -0.4 is 0 Å². The molecule has 5 heteroatoms. The molecule has 5 nitrogen and oxygen atoms in total. The molecular weight excluding hydrogens is 368 g/mol. The number of rotatable bonds is 10. The van der Waals surface area contributed by atoms with Crippen LogP contribution in [-0.4, -0.2) is 36.5 Å². The molecule has 0 saturated heterocycles. The van der Waals surface area contributed by atoms with Gasteiger partial charge in [-0.05, 0) is 18.1 Å². The lowest BCUT2D eigenvalue weighted by Crippen LogP contribution is -2.32. The maximum Gasteiger partial charge on any atom is 0.384 e. The molecule has 29 heavy (non-hydrogen) atoms. The molecule has 0 saturated carbocycles. The molecule has 0 fully saturated rings. The maximum atomic E-state index is 11.1. The van der Waals surface area contributed by atoms with Crippen molar-refractivity contribution in [1.29, 1.82) is 0 Å². The van der Waals surface area contributed by atoms with Gasteiger partial charge in [-0.2, -0.15) is 0 Å². The van der Waals surface area contributed by atoms with Crippen LogP contribution in [0, 0.1) is 11.8 Å². The Morgan fingerprint density at radius 1 is 0.966 bits per heavy atom. The minimum atomic E-state index is -0.740. The Kier molecular flexibility index (Phi) is 9.94. The molecule has 0 aliphatic carbocycles. The van der Waals surface area contributed by atoms with Crippen molar-refractivity contribution in [1.82, 2.24) is 0 Å². The summed E-state index contributed by atoms with van der Waals surface area (Å²) in [6.45, 7) is 2.82. The second kappa shape index (κ2) is 12.7. The molecule has 0 aliphatic rings. The monoisotopic (exact) mass is 396 g/mol. The lowest BCUT2D eigenvalue weighted by molar-refractivity contribution is -0.133. The number of esters is 1. The SMILES string of the molecule is COC(=O)C#CC[C@H](O)C[C@@H](OCc1ccccc1)[C@@H](C)OCc1ccccc1. The van der Waals surface area contributed by atoms with Crippen LogP contribution in [0.2, 0.25) is 0 Å². The van der Waals surface area contributed by atoms with Crippen LogP contribution in [0.3, 0.4) is 0 Å². The fourth-order valence-electron chi connectivity index (χ4n) is 2.73. The van der Waals surface area contributed by atoms with Crippen molar-refractivity contribution in [2.24, 2.45) is 0 Å². The Bertz CT molecular complexity index is 779. The van der Waals surface area contributed by atoms with Crippen molar-refractivity contribution in [2.45, 2.75) is 51.3 Å².